The Morgan fingerprint density at radius 1 is 1.14 bits per heavy atom. The van der Waals surface area contributed by atoms with Crippen molar-refractivity contribution in [3.05, 3.63) is 28.3 Å². The molecule has 7 heteroatoms. The Morgan fingerprint density at radius 2 is 1.73 bits per heavy atom. The number of aromatic hydroxyl groups is 1. The number of ketones is 2. The Labute approximate surface area is 125 Å². The second-order valence-corrected chi connectivity index (χ2v) is 5.62. The zero-order valence-corrected chi connectivity index (χ0v) is 11.7. The number of phenols is 1. The van der Waals surface area contributed by atoms with E-state index in [0.29, 0.717) is 12.8 Å². The van der Waals surface area contributed by atoms with Crippen molar-refractivity contribution >= 4 is 28.7 Å². The van der Waals surface area contributed by atoms with Crippen LogP contribution in [-0.2, 0) is 9.59 Å². The van der Waals surface area contributed by atoms with E-state index in [-0.39, 0.29) is 40.5 Å². The largest absolute Gasteiger partial charge is 0.505 e. The number of carbonyl (C=O) groups is 2. The molecule has 0 radical (unpaired) electrons. The van der Waals surface area contributed by atoms with E-state index in [0.717, 1.165) is 18.9 Å². The molecule has 114 valence electrons. The maximum atomic E-state index is 12.3. The summed E-state index contributed by atoms with van der Waals surface area (Å²) in [7, 11) is 0. The molecule has 1 aromatic rings. The zero-order valence-electron chi connectivity index (χ0n) is 11.7. The Bertz CT molecular complexity index is 684. The number of nitro benzene ring substituents is 1. The molecule has 2 saturated carbocycles. The van der Waals surface area contributed by atoms with Gasteiger partial charge < -0.3 is 5.11 Å². The van der Waals surface area contributed by atoms with Crippen LogP contribution in [0.15, 0.2) is 23.2 Å². The lowest BCUT2D eigenvalue weighted by molar-refractivity contribution is -0.384. The van der Waals surface area contributed by atoms with Gasteiger partial charge in [0.15, 0.2) is 17.3 Å². The van der Waals surface area contributed by atoms with Crippen LogP contribution < -0.4 is 0 Å². The van der Waals surface area contributed by atoms with Crippen molar-refractivity contribution < 1.29 is 19.6 Å². The summed E-state index contributed by atoms with van der Waals surface area (Å²) in [6, 6.07) is 3.37. The molecular formula is C15H14N2O5. The smallest absolute Gasteiger partial charge is 0.273 e. The number of Topliss-reactive ketones (excluding diaryl/α,β-unsaturated/α-hetero) is 2. The molecule has 0 spiro atoms. The first kappa shape index (κ1) is 14.4. The van der Waals surface area contributed by atoms with E-state index in [1.807, 2.05) is 0 Å². The molecular weight excluding hydrogens is 288 g/mol. The SMILES string of the molecule is O=C1C(=Nc2ccc([N+](=O)[O-])cc2O)C(=O)C2CCCCC12. The second kappa shape index (κ2) is 5.32. The molecule has 0 bridgehead atoms. The number of fused-ring (bicyclic) bond motifs is 1. The van der Waals surface area contributed by atoms with Crippen LogP contribution in [0.25, 0.3) is 0 Å². The fourth-order valence-electron chi connectivity index (χ4n) is 3.18. The number of hydrogen-bond acceptors (Lipinski definition) is 6. The van der Waals surface area contributed by atoms with Gasteiger partial charge in [0.2, 0.25) is 0 Å². The maximum absolute atomic E-state index is 12.3. The highest BCUT2D eigenvalue weighted by molar-refractivity contribution is 6.70. The average Bonchev–Trinajstić information content (AvgIpc) is 2.74. The Morgan fingerprint density at radius 3 is 2.23 bits per heavy atom. The molecule has 3 rings (SSSR count). The van der Waals surface area contributed by atoms with Crippen LogP contribution in [0, 0.1) is 22.0 Å². The number of nitro groups is 1. The third-order valence-corrected chi connectivity index (χ3v) is 4.31. The number of nitrogens with zero attached hydrogens (tertiary/aromatic N) is 2. The highest BCUT2D eigenvalue weighted by atomic mass is 16.6. The first-order valence-electron chi connectivity index (χ1n) is 7.13. The molecule has 1 aromatic carbocycles. The minimum Gasteiger partial charge on any atom is -0.505 e. The Kier molecular flexibility index (Phi) is 3.48. The predicted octanol–water partition coefficient (Wildman–Crippen LogP) is 2.33. The van der Waals surface area contributed by atoms with Crippen molar-refractivity contribution in [3.63, 3.8) is 0 Å². The molecule has 22 heavy (non-hydrogen) atoms. The summed E-state index contributed by atoms with van der Waals surface area (Å²) >= 11 is 0. The van der Waals surface area contributed by atoms with E-state index in [1.54, 1.807) is 0 Å². The first-order chi connectivity index (χ1) is 10.5. The second-order valence-electron chi connectivity index (χ2n) is 5.62. The van der Waals surface area contributed by atoms with Crippen molar-refractivity contribution in [1.29, 1.82) is 0 Å². The molecule has 2 aliphatic rings. The molecule has 0 amide bonds. The van der Waals surface area contributed by atoms with Gasteiger partial charge in [0, 0.05) is 17.9 Å². The van der Waals surface area contributed by atoms with Crippen LogP contribution in [0.5, 0.6) is 5.75 Å². The topological polar surface area (TPSA) is 110 Å². The van der Waals surface area contributed by atoms with Crippen LogP contribution in [0.3, 0.4) is 0 Å². The highest BCUT2D eigenvalue weighted by Crippen LogP contribution is 2.38. The Hall–Kier alpha value is -2.57. The molecule has 1 N–H and O–H groups in total. The predicted molar refractivity (Wildman–Crippen MR) is 77.3 cm³/mol. The zero-order chi connectivity index (χ0) is 15.9. The van der Waals surface area contributed by atoms with Crippen LogP contribution >= 0.6 is 0 Å². The van der Waals surface area contributed by atoms with Gasteiger partial charge in [-0.1, -0.05) is 12.8 Å². The van der Waals surface area contributed by atoms with Gasteiger partial charge in [-0.3, -0.25) is 19.7 Å². The minimum absolute atomic E-state index is 0.000877. The van der Waals surface area contributed by atoms with E-state index in [4.69, 9.17) is 0 Å². The van der Waals surface area contributed by atoms with E-state index in [1.165, 1.54) is 12.1 Å². The lowest BCUT2D eigenvalue weighted by Crippen LogP contribution is -2.21. The highest BCUT2D eigenvalue weighted by Gasteiger charge is 2.47. The van der Waals surface area contributed by atoms with Gasteiger partial charge in [-0.15, -0.1) is 0 Å². The monoisotopic (exact) mass is 302 g/mol. The summed E-state index contributed by atoms with van der Waals surface area (Å²) < 4.78 is 0. The summed E-state index contributed by atoms with van der Waals surface area (Å²) in [4.78, 5) is 38.6. The van der Waals surface area contributed by atoms with Gasteiger partial charge in [0.25, 0.3) is 5.69 Å². The molecule has 0 aromatic heterocycles. The summed E-state index contributed by atoms with van der Waals surface area (Å²) in [5, 5.41) is 20.4. The molecule has 2 unspecified atom stereocenters. The van der Waals surface area contributed by atoms with Crippen molar-refractivity contribution in [2.24, 2.45) is 16.8 Å². The van der Waals surface area contributed by atoms with Gasteiger partial charge in [-0.25, -0.2) is 4.99 Å². The lowest BCUT2D eigenvalue weighted by atomic mass is 9.81. The third-order valence-electron chi connectivity index (χ3n) is 4.31. The fraction of sp³-hybridized carbons (Fsp3) is 0.400. The Balaban J connectivity index is 1.96. The molecule has 0 saturated heterocycles. The molecule has 2 atom stereocenters. The molecule has 2 aliphatic carbocycles. The number of carbonyl (C=O) groups excluding carboxylic acids is 2. The fourth-order valence-corrected chi connectivity index (χ4v) is 3.18. The van der Waals surface area contributed by atoms with Crippen LogP contribution in [0.4, 0.5) is 11.4 Å². The molecule has 0 aliphatic heterocycles. The van der Waals surface area contributed by atoms with E-state index >= 15 is 0 Å². The van der Waals surface area contributed by atoms with Crippen LogP contribution in [-0.4, -0.2) is 27.3 Å². The molecule has 2 fully saturated rings. The number of rotatable bonds is 2. The number of aliphatic imine (C=N–C) groups is 1. The number of benzene rings is 1. The standard InChI is InChI=1S/C15H14N2O5/c18-12-7-8(17(21)22)5-6-11(12)16-13-14(19)9-3-1-2-4-10(9)15(13)20/h5-7,9-10,18H,1-4H2. The lowest BCUT2D eigenvalue weighted by Gasteiger charge is -2.20. The number of phenolic OH excluding ortho intramolecular Hbond substituents is 1. The third kappa shape index (κ3) is 2.28. The van der Waals surface area contributed by atoms with E-state index in [9.17, 15) is 24.8 Å². The summed E-state index contributed by atoms with van der Waals surface area (Å²) in [5.41, 5.74) is -0.416. The van der Waals surface area contributed by atoms with Crippen LogP contribution in [0.2, 0.25) is 0 Å². The van der Waals surface area contributed by atoms with Crippen molar-refractivity contribution in [2.75, 3.05) is 0 Å². The van der Waals surface area contributed by atoms with Gasteiger partial charge in [0.05, 0.1) is 11.0 Å². The quantitative estimate of drug-likeness (QED) is 0.666. The van der Waals surface area contributed by atoms with Crippen molar-refractivity contribution in [1.82, 2.24) is 0 Å². The van der Waals surface area contributed by atoms with Gasteiger partial charge in [-0.05, 0) is 18.9 Å². The molecule has 7 nitrogen and oxygen atoms in total. The normalized spacial score (nSPS) is 24.3. The number of non-ortho nitro benzene ring substituents is 1. The number of hydrogen-bond donors (Lipinski definition) is 1. The first-order valence-corrected chi connectivity index (χ1v) is 7.13. The summed E-state index contributed by atoms with van der Waals surface area (Å²) in [6.07, 6.45) is 3.24. The minimum atomic E-state index is -0.642. The van der Waals surface area contributed by atoms with Crippen molar-refractivity contribution in [2.45, 2.75) is 25.7 Å². The van der Waals surface area contributed by atoms with Crippen LogP contribution in [0.1, 0.15) is 25.7 Å². The van der Waals surface area contributed by atoms with Gasteiger partial charge in [0.1, 0.15) is 11.4 Å². The van der Waals surface area contributed by atoms with Gasteiger partial charge in [-0.2, -0.15) is 0 Å². The van der Waals surface area contributed by atoms with E-state index in [2.05, 4.69) is 4.99 Å². The molecule has 0 heterocycles. The maximum Gasteiger partial charge on any atom is 0.273 e. The summed E-state index contributed by atoms with van der Waals surface area (Å²) in [6.45, 7) is 0. The van der Waals surface area contributed by atoms with E-state index < -0.39 is 10.7 Å². The summed E-state index contributed by atoms with van der Waals surface area (Å²) in [5.74, 6) is -1.54. The van der Waals surface area contributed by atoms with Crippen molar-refractivity contribution in [3.8, 4) is 5.75 Å². The van der Waals surface area contributed by atoms with Gasteiger partial charge >= 0.3 is 0 Å². The average molecular weight is 302 g/mol.